The summed E-state index contributed by atoms with van der Waals surface area (Å²) in [4.78, 5) is 14.6. The molecule has 2 aromatic rings. The maximum atomic E-state index is 10.5. The lowest BCUT2D eigenvalue weighted by Gasteiger charge is -2.12. The average molecular weight is 337 g/mol. The number of aryl methyl sites for hydroxylation is 1. The topological polar surface area (TPSA) is 61.6 Å². The Kier molecular flexibility index (Phi) is 4.84. The van der Waals surface area contributed by atoms with E-state index in [1.807, 2.05) is 19.9 Å². The van der Waals surface area contributed by atoms with Crippen LogP contribution in [-0.4, -0.2) is 18.4 Å². The van der Waals surface area contributed by atoms with E-state index in [0.29, 0.717) is 11.3 Å². The summed E-state index contributed by atoms with van der Waals surface area (Å²) < 4.78 is 15.8. The Morgan fingerprint density at radius 1 is 1.16 bits per heavy atom. The van der Waals surface area contributed by atoms with Crippen LogP contribution in [0.25, 0.3) is 0 Å². The molecule has 25 heavy (non-hydrogen) atoms. The van der Waals surface area contributed by atoms with Crippen LogP contribution >= 0.6 is 0 Å². The molecule has 5 heteroatoms. The third-order valence-electron chi connectivity index (χ3n) is 4.01. The highest BCUT2D eigenvalue weighted by molar-refractivity contribution is 5.74. The van der Waals surface area contributed by atoms with Crippen LogP contribution in [0.4, 0.5) is 0 Å². The molecule has 0 saturated carbocycles. The number of ether oxygens (including phenoxy) is 2. The second kappa shape index (κ2) is 7.21. The molecule has 128 valence electrons. The maximum Gasteiger partial charge on any atom is 0.181 e. The van der Waals surface area contributed by atoms with Gasteiger partial charge in [-0.05, 0) is 49.4 Å². The van der Waals surface area contributed by atoms with E-state index < -0.39 is 0 Å². The first kappa shape index (κ1) is 16.8. The summed E-state index contributed by atoms with van der Waals surface area (Å²) in [5.41, 5.74) is 1.41. The molecule has 4 rings (SSSR count). The van der Waals surface area contributed by atoms with Gasteiger partial charge in [0.15, 0.2) is 6.39 Å². The van der Waals surface area contributed by atoms with Crippen molar-refractivity contribution in [3.05, 3.63) is 76.3 Å². The Hall–Kier alpha value is -3.08. The van der Waals surface area contributed by atoms with Crippen LogP contribution in [0, 0.1) is 17.4 Å². The lowest BCUT2D eigenvalue weighted by molar-refractivity contribution is 0.112. The predicted molar refractivity (Wildman–Crippen MR) is 92.8 cm³/mol. The number of benzene rings is 2. The Morgan fingerprint density at radius 2 is 1.92 bits per heavy atom. The van der Waals surface area contributed by atoms with Gasteiger partial charge in [0, 0.05) is 10.8 Å². The molecule has 0 fully saturated rings. The number of rotatable bonds is 5. The van der Waals surface area contributed by atoms with Gasteiger partial charge in [0.2, 0.25) is 0 Å². The average Bonchev–Trinajstić information content (AvgIpc) is 3.04. The minimum Gasteiger partial charge on any atom is -0.496 e. The summed E-state index contributed by atoms with van der Waals surface area (Å²) in [6.45, 7) is 3.75. The quantitative estimate of drug-likeness (QED) is 0.510. The second-order valence-corrected chi connectivity index (χ2v) is 5.66. The van der Waals surface area contributed by atoms with E-state index in [9.17, 15) is 4.79 Å². The number of hydrogen-bond donors (Lipinski definition) is 0. The van der Waals surface area contributed by atoms with Crippen LogP contribution in [0.5, 0.6) is 11.5 Å². The van der Waals surface area contributed by atoms with Gasteiger partial charge in [0.1, 0.15) is 35.3 Å². The lowest BCUT2D eigenvalue weighted by Crippen LogP contribution is -2.04. The van der Waals surface area contributed by atoms with Crippen LogP contribution in [0.1, 0.15) is 34.8 Å². The van der Waals surface area contributed by atoms with Crippen molar-refractivity contribution >= 4 is 6.29 Å². The fourth-order valence-electron chi connectivity index (χ4n) is 2.51. The lowest BCUT2D eigenvalue weighted by atomic mass is 10.1. The van der Waals surface area contributed by atoms with E-state index in [-0.39, 0.29) is 6.10 Å². The molecule has 5 nitrogen and oxygen atoms in total. The summed E-state index contributed by atoms with van der Waals surface area (Å²) in [5.74, 6) is 2.48. The van der Waals surface area contributed by atoms with E-state index in [2.05, 4.69) is 17.1 Å². The Balaban J connectivity index is 0.000000188. The smallest absolute Gasteiger partial charge is 0.181 e. The van der Waals surface area contributed by atoms with E-state index in [4.69, 9.17) is 13.9 Å². The minimum absolute atomic E-state index is 0.184. The summed E-state index contributed by atoms with van der Waals surface area (Å²) >= 11 is 0. The number of nitrogens with zero attached hydrogens (tertiary/aromatic N) is 1. The van der Waals surface area contributed by atoms with Gasteiger partial charge in [-0.3, -0.25) is 4.79 Å². The zero-order valence-corrected chi connectivity index (χ0v) is 14.4. The van der Waals surface area contributed by atoms with E-state index in [0.717, 1.165) is 23.5 Å². The minimum atomic E-state index is -0.184. The molecule has 0 radical (unpaired) electrons. The summed E-state index contributed by atoms with van der Waals surface area (Å²) in [6, 6.07) is 13.1. The zero-order valence-electron chi connectivity index (χ0n) is 14.4. The molecule has 1 atom stereocenters. The maximum absolute atomic E-state index is 10.5. The summed E-state index contributed by atoms with van der Waals surface area (Å²) in [6.07, 6.45) is 2.02. The van der Waals surface area contributed by atoms with Crippen LogP contribution in [0.2, 0.25) is 0 Å². The monoisotopic (exact) mass is 337 g/mol. The number of aldehydes is 1. The summed E-state index contributed by atoms with van der Waals surface area (Å²) in [7, 11) is 1.70. The molecule has 2 aliphatic carbocycles. The molecule has 1 aromatic carbocycles. The predicted octanol–water partition coefficient (Wildman–Crippen LogP) is 4.23. The van der Waals surface area contributed by atoms with Crippen molar-refractivity contribution in [2.75, 3.05) is 7.11 Å². The van der Waals surface area contributed by atoms with Crippen molar-refractivity contribution in [1.82, 2.24) is 4.98 Å². The number of carbonyl (C=O) groups excluding carboxylic acids is 1. The molecule has 0 amide bonds. The summed E-state index contributed by atoms with van der Waals surface area (Å²) in [5, 5.41) is 2.62. The molecular formula is C20H19NO4. The van der Waals surface area contributed by atoms with Gasteiger partial charge in [-0.1, -0.05) is 12.1 Å². The van der Waals surface area contributed by atoms with Gasteiger partial charge in [-0.25, -0.2) is 4.98 Å². The number of methoxy groups -OCH3 is 1. The third-order valence-corrected chi connectivity index (χ3v) is 4.01. The Bertz CT molecular complexity index is 960. The van der Waals surface area contributed by atoms with Crippen LogP contribution < -0.4 is 9.47 Å². The van der Waals surface area contributed by atoms with Gasteiger partial charge < -0.3 is 13.9 Å². The van der Waals surface area contributed by atoms with Crippen molar-refractivity contribution in [3.63, 3.8) is 0 Å². The highest BCUT2D eigenvalue weighted by Crippen LogP contribution is 2.23. The number of carbonyl (C=O) groups is 1. The van der Waals surface area contributed by atoms with Gasteiger partial charge in [-0.15, -0.1) is 0 Å². The molecule has 1 aromatic heterocycles. The molecular weight excluding hydrogens is 318 g/mol. The van der Waals surface area contributed by atoms with Gasteiger partial charge in [0.25, 0.3) is 0 Å². The largest absolute Gasteiger partial charge is 0.496 e. The van der Waals surface area contributed by atoms with Crippen LogP contribution in [0.15, 0.2) is 53.3 Å². The SMILES string of the molecule is COc1cc2ccc1=2.Cc1ocnc1C(C)Oc1ccc(C=O)cc1. The second-order valence-electron chi connectivity index (χ2n) is 5.66. The molecule has 2 aliphatic rings. The van der Waals surface area contributed by atoms with Gasteiger partial charge >= 0.3 is 0 Å². The molecule has 0 saturated heterocycles. The van der Waals surface area contributed by atoms with E-state index in [1.54, 1.807) is 31.4 Å². The molecule has 0 aliphatic heterocycles. The highest BCUT2D eigenvalue weighted by Gasteiger charge is 2.14. The number of hydrogen-bond acceptors (Lipinski definition) is 5. The van der Waals surface area contributed by atoms with E-state index >= 15 is 0 Å². The first-order valence-electron chi connectivity index (χ1n) is 7.92. The third kappa shape index (κ3) is 3.55. The Labute approximate surface area is 145 Å². The van der Waals surface area contributed by atoms with Crippen molar-refractivity contribution < 1.29 is 18.7 Å². The number of aromatic nitrogens is 1. The molecule has 1 heterocycles. The Morgan fingerprint density at radius 3 is 2.32 bits per heavy atom. The van der Waals surface area contributed by atoms with Gasteiger partial charge in [-0.2, -0.15) is 0 Å². The fourth-order valence-corrected chi connectivity index (χ4v) is 2.51. The van der Waals surface area contributed by atoms with Crippen LogP contribution in [0.3, 0.4) is 0 Å². The molecule has 0 N–H and O–H groups in total. The van der Waals surface area contributed by atoms with Crippen molar-refractivity contribution in [1.29, 1.82) is 0 Å². The zero-order chi connectivity index (χ0) is 17.8. The standard InChI is InChI=1S/C13H13NO3.C7H6O/c1-9-13(14-8-16-9)10(2)17-12-5-3-11(7-15)4-6-12;1-8-7-4-5-2-3-6(5)7/h3-8,10H,1-2H3;2-4H,1H3. The van der Waals surface area contributed by atoms with Crippen molar-refractivity contribution in [2.24, 2.45) is 0 Å². The van der Waals surface area contributed by atoms with Crippen molar-refractivity contribution in [2.45, 2.75) is 20.0 Å². The molecule has 1 unspecified atom stereocenters. The van der Waals surface area contributed by atoms with Crippen LogP contribution in [-0.2, 0) is 0 Å². The first-order chi connectivity index (χ1) is 12.1. The molecule has 0 spiro atoms. The van der Waals surface area contributed by atoms with Crippen molar-refractivity contribution in [3.8, 4) is 11.5 Å². The van der Waals surface area contributed by atoms with Gasteiger partial charge in [0.05, 0.1) is 7.11 Å². The highest BCUT2D eigenvalue weighted by atomic mass is 16.5. The van der Waals surface area contributed by atoms with E-state index in [1.165, 1.54) is 16.8 Å². The fraction of sp³-hybridized carbons (Fsp3) is 0.200. The first-order valence-corrected chi connectivity index (χ1v) is 7.92. The number of oxazole rings is 1. The molecule has 0 bridgehead atoms. The normalized spacial score (nSPS) is 11.8.